The van der Waals surface area contributed by atoms with Crippen LogP contribution in [0.1, 0.15) is 34.3 Å². The number of rotatable bonds is 6. The van der Waals surface area contributed by atoms with E-state index in [9.17, 15) is 33.0 Å². The van der Waals surface area contributed by atoms with Crippen molar-refractivity contribution in [3.05, 3.63) is 86.0 Å². The van der Waals surface area contributed by atoms with Crippen LogP contribution in [0.15, 0.2) is 53.5 Å². The molecule has 0 amide bonds. The molecule has 2 unspecified atom stereocenters. The molecule has 2 heterocycles. The van der Waals surface area contributed by atoms with Crippen molar-refractivity contribution in [2.45, 2.75) is 24.6 Å². The van der Waals surface area contributed by atoms with E-state index in [1.807, 2.05) is 0 Å². The van der Waals surface area contributed by atoms with Gasteiger partial charge in [-0.05, 0) is 29.8 Å². The predicted molar refractivity (Wildman–Crippen MR) is 134 cm³/mol. The van der Waals surface area contributed by atoms with Gasteiger partial charge in [0.25, 0.3) is 0 Å². The van der Waals surface area contributed by atoms with Gasteiger partial charge < -0.3 is 14.9 Å². The largest absolute Gasteiger partial charge is 0.478 e. The average Bonchev–Trinajstić information content (AvgIpc) is 3.07. The molecule has 0 saturated carbocycles. The van der Waals surface area contributed by atoms with Crippen LogP contribution in [-0.2, 0) is 19.7 Å². The zero-order valence-corrected chi connectivity index (χ0v) is 21.6. The molecular formula is C25H20Cl2F3N3O5. The lowest BCUT2D eigenvalue weighted by Crippen LogP contribution is -2.47. The number of carboxylic acid groups (broad SMARTS) is 1. The van der Waals surface area contributed by atoms with E-state index in [-0.39, 0.29) is 43.8 Å². The highest BCUT2D eigenvalue weighted by molar-refractivity contribution is 6.32. The van der Waals surface area contributed by atoms with Crippen molar-refractivity contribution in [3.8, 4) is 11.5 Å². The van der Waals surface area contributed by atoms with Crippen molar-refractivity contribution >= 4 is 40.2 Å². The molecule has 2 aromatic heterocycles. The van der Waals surface area contributed by atoms with Gasteiger partial charge in [-0.1, -0.05) is 48.3 Å². The summed E-state index contributed by atoms with van der Waals surface area (Å²) in [7, 11) is 2.74. The molecule has 8 nitrogen and oxygen atoms in total. The first-order valence-corrected chi connectivity index (χ1v) is 11.7. The van der Waals surface area contributed by atoms with Crippen LogP contribution in [0.4, 0.5) is 13.2 Å². The molecule has 38 heavy (non-hydrogen) atoms. The van der Waals surface area contributed by atoms with Crippen molar-refractivity contribution in [1.82, 2.24) is 14.1 Å². The summed E-state index contributed by atoms with van der Waals surface area (Å²) in [6, 6.07) is 8.78. The Kier molecular flexibility index (Phi) is 6.98. The highest BCUT2D eigenvalue weighted by Crippen LogP contribution is 2.51. The van der Waals surface area contributed by atoms with Crippen LogP contribution >= 0.6 is 23.2 Å². The first kappa shape index (κ1) is 27.5. The predicted octanol–water partition coefficient (Wildman–Crippen LogP) is 5.62. The summed E-state index contributed by atoms with van der Waals surface area (Å²) in [6.07, 6.45) is -4.00. The first-order valence-electron chi connectivity index (χ1n) is 11.0. The average molecular weight is 570 g/mol. The van der Waals surface area contributed by atoms with E-state index in [2.05, 4.69) is 4.98 Å². The van der Waals surface area contributed by atoms with Gasteiger partial charge in [0.1, 0.15) is 11.3 Å². The van der Waals surface area contributed by atoms with Crippen LogP contribution in [0, 0.1) is 0 Å². The highest BCUT2D eigenvalue weighted by Gasteiger charge is 2.60. The number of hydrogen-bond acceptors (Lipinski definition) is 5. The number of halogens is 5. The summed E-state index contributed by atoms with van der Waals surface area (Å²) < 4.78 is 51.8. The number of carboxylic acids is 1. The summed E-state index contributed by atoms with van der Waals surface area (Å²) in [6.45, 7) is 1.16. The van der Waals surface area contributed by atoms with Crippen LogP contribution in [0.25, 0.3) is 11.0 Å². The van der Waals surface area contributed by atoms with Crippen LogP contribution in [0.2, 0.25) is 10.2 Å². The van der Waals surface area contributed by atoms with Crippen LogP contribution in [-0.4, -0.2) is 36.5 Å². The maximum atomic E-state index is 14.7. The third-order valence-corrected chi connectivity index (χ3v) is 7.10. The number of benzene rings is 2. The number of alkyl halides is 3. The number of nitrogens with zero attached hydrogens (tertiary/aromatic N) is 3. The quantitative estimate of drug-likeness (QED) is 0.292. The van der Waals surface area contributed by atoms with Crippen molar-refractivity contribution in [3.63, 3.8) is 0 Å². The fraction of sp³-hybridized carbons (Fsp3) is 0.240. The number of aromatic nitrogens is 3. The van der Waals surface area contributed by atoms with Crippen molar-refractivity contribution in [2.75, 3.05) is 0 Å². The zero-order chi connectivity index (χ0) is 28.2. The number of ether oxygens (including phenoxy) is 1. The zero-order valence-electron chi connectivity index (χ0n) is 20.0. The molecular weight excluding hydrogens is 550 g/mol. The minimum absolute atomic E-state index is 0.0218. The molecule has 0 saturated heterocycles. The summed E-state index contributed by atoms with van der Waals surface area (Å²) in [4.78, 5) is 27.7. The maximum Gasteiger partial charge on any atom is 0.422 e. The molecule has 0 aliphatic rings. The molecule has 200 valence electrons. The number of para-hydroxylation sites is 1. The van der Waals surface area contributed by atoms with E-state index in [1.165, 1.54) is 61.3 Å². The topological polar surface area (TPSA) is 107 Å². The maximum absolute atomic E-state index is 14.7. The third-order valence-electron chi connectivity index (χ3n) is 6.50. The lowest BCUT2D eigenvalue weighted by atomic mass is 9.77. The Labute approximate surface area is 223 Å². The number of carbonyl (C=O) groups is 1. The monoisotopic (exact) mass is 569 g/mol. The second-order valence-electron chi connectivity index (χ2n) is 8.63. The van der Waals surface area contributed by atoms with Gasteiger partial charge in [0.15, 0.2) is 16.5 Å². The van der Waals surface area contributed by atoms with Gasteiger partial charge in [-0.2, -0.15) is 13.2 Å². The van der Waals surface area contributed by atoms with Crippen molar-refractivity contribution in [2.24, 2.45) is 14.1 Å². The van der Waals surface area contributed by atoms with E-state index in [4.69, 9.17) is 27.9 Å². The number of aliphatic hydroxyl groups is 1. The Morgan fingerprint density at radius 3 is 2.39 bits per heavy atom. The van der Waals surface area contributed by atoms with Gasteiger partial charge in [-0.3, -0.25) is 9.13 Å². The molecule has 2 N–H and O–H groups in total. The van der Waals surface area contributed by atoms with E-state index >= 15 is 0 Å². The molecule has 0 aliphatic carbocycles. The molecule has 13 heteroatoms. The summed E-state index contributed by atoms with van der Waals surface area (Å²) >= 11 is 12.4. The molecule has 0 radical (unpaired) electrons. The molecule has 0 fully saturated rings. The van der Waals surface area contributed by atoms with Crippen molar-refractivity contribution < 1.29 is 32.9 Å². The van der Waals surface area contributed by atoms with E-state index in [1.54, 1.807) is 0 Å². The van der Waals surface area contributed by atoms with E-state index in [0.717, 1.165) is 17.6 Å². The molecule has 4 aromatic rings. The Morgan fingerprint density at radius 1 is 1.11 bits per heavy atom. The van der Waals surface area contributed by atoms with Gasteiger partial charge >= 0.3 is 17.8 Å². The molecule has 0 bridgehead atoms. The second kappa shape index (κ2) is 9.64. The molecule has 2 aromatic carbocycles. The Bertz CT molecular complexity index is 1630. The molecule has 0 aliphatic heterocycles. The number of hydrogen-bond donors (Lipinski definition) is 2. The molecule has 0 spiro atoms. The van der Waals surface area contributed by atoms with Gasteiger partial charge in [-0.15, -0.1) is 0 Å². The Hall–Kier alpha value is -3.54. The Balaban J connectivity index is 1.83. The first-order chi connectivity index (χ1) is 17.7. The summed E-state index contributed by atoms with van der Waals surface area (Å²) in [5, 5.41) is 20.3. The normalized spacial score (nSPS) is 14.3. The van der Waals surface area contributed by atoms with E-state index < -0.39 is 34.9 Å². The SMILES string of the molecule is CC(c1ccc(Oc2c(C(=O)O)ccnc2Cl)cc1Cl)C(O)(c1cccc2c1n(C)c(=O)n2C)C(F)(F)F. The highest BCUT2D eigenvalue weighted by atomic mass is 35.5. The van der Waals surface area contributed by atoms with Gasteiger partial charge in [0.05, 0.1) is 11.0 Å². The minimum atomic E-state index is -5.18. The van der Waals surface area contributed by atoms with Gasteiger partial charge in [0, 0.05) is 36.8 Å². The van der Waals surface area contributed by atoms with Crippen LogP contribution in [0.5, 0.6) is 11.5 Å². The second-order valence-corrected chi connectivity index (χ2v) is 9.39. The van der Waals surface area contributed by atoms with Crippen LogP contribution in [0.3, 0.4) is 0 Å². The minimum Gasteiger partial charge on any atom is -0.478 e. The van der Waals surface area contributed by atoms with Gasteiger partial charge in [-0.25, -0.2) is 14.6 Å². The lowest BCUT2D eigenvalue weighted by Gasteiger charge is -2.37. The van der Waals surface area contributed by atoms with Crippen LogP contribution < -0.4 is 10.4 Å². The summed E-state index contributed by atoms with van der Waals surface area (Å²) in [5.41, 5.74) is -4.75. The molecule has 4 rings (SSSR count). The Morgan fingerprint density at radius 2 is 1.79 bits per heavy atom. The smallest absolute Gasteiger partial charge is 0.422 e. The fourth-order valence-corrected chi connectivity index (χ4v) is 5.00. The van der Waals surface area contributed by atoms with Gasteiger partial charge in [0.2, 0.25) is 0 Å². The number of fused-ring (bicyclic) bond motifs is 1. The standard InChI is InChI=1S/C25H20Cl2F3N3O5/c1-12(14-8-7-13(11-17(14)26)38-20-15(22(34)35)9-10-31-21(20)27)24(37,25(28,29)30)16-5-4-6-18-19(16)33(3)23(36)32(18)2/h4-12,37H,1-3H3,(H,34,35). The number of aryl methyl sites for hydroxylation is 2. The summed E-state index contributed by atoms with van der Waals surface area (Å²) in [5.74, 6) is -3.28. The van der Waals surface area contributed by atoms with Crippen molar-refractivity contribution in [1.29, 1.82) is 0 Å². The fourth-order valence-electron chi connectivity index (χ4n) is 4.47. The number of pyridine rings is 1. The third kappa shape index (κ3) is 4.30. The molecule has 2 atom stereocenters. The van der Waals surface area contributed by atoms with E-state index in [0.29, 0.717) is 0 Å². The lowest BCUT2D eigenvalue weighted by molar-refractivity contribution is -0.274. The number of imidazole rings is 1. The number of aromatic carboxylic acids is 1.